The summed E-state index contributed by atoms with van der Waals surface area (Å²) in [6.07, 6.45) is 0. The van der Waals surface area contributed by atoms with Crippen LogP contribution in [0.5, 0.6) is 5.75 Å². The van der Waals surface area contributed by atoms with Crippen LogP contribution in [0.4, 0.5) is 5.69 Å². The van der Waals surface area contributed by atoms with Crippen molar-refractivity contribution < 1.29 is 9.53 Å². The van der Waals surface area contributed by atoms with Crippen LogP contribution in [0.15, 0.2) is 48.5 Å². The van der Waals surface area contributed by atoms with Gasteiger partial charge in [0.25, 0.3) is 0 Å². The molecule has 2 aromatic rings. The Morgan fingerprint density at radius 3 is 2.19 bits per heavy atom. The fourth-order valence-corrected chi connectivity index (χ4v) is 3.17. The van der Waals surface area contributed by atoms with Crippen molar-refractivity contribution >= 4 is 36.4 Å². The molecule has 0 saturated carbocycles. The Hall–Kier alpha value is -1.95. The average molecular weight is 412 g/mol. The smallest absolute Gasteiger partial charge is 0.244 e. The second kappa shape index (κ2) is 10.4. The Kier molecular flexibility index (Phi) is 8.89. The zero-order valence-corrected chi connectivity index (χ0v) is 17.3. The highest BCUT2D eigenvalue weighted by Gasteiger charge is 2.27. The molecule has 1 fully saturated rings. The Morgan fingerprint density at radius 2 is 1.59 bits per heavy atom. The third-order valence-corrected chi connectivity index (χ3v) is 4.72. The maximum absolute atomic E-state index is 12.7. The van der Waals surface area contributed by atoms with Crippen molar-refractivity contribution in [3.63, 3.8) is 0 Å². The first kappa shape index (κ1) is 23.1. The number of rotatable bonds is 4. The predicted octanol–water partition coefficient (Wildman–Crippen LogP) is 3.20. The highest BCUT2D eigenvalue weighted by molar-refractivity contribution is 5.85. The van der Waals surface area contributed by atoms with Crippen molar-refractivity contribution in [2.24, 2.45) is 5.73 Å². The molecule has 2 N–H and O–H groups in total. The first-order valence-electron chi connectivity index (χ1n) is 8.59. The highest BCUT2D eigenvalue weighted by Crippen LogP contribution is 2.28. The molecule has 27 heavy (non-hydrogen) atoms. The van der Waals surface area contributed by atoms with Gasteiger partial charge in [0, 0.05) is 26.2 Å². The lowest BCUT2D eigenvalue weighted by Crippen LogP contribution is -2.51. The van der Waals surface area contributed by atoms with E-state index >= 15 is 0 Å². The lowest BCUT2D eigenvalue weighted by atomic mass is 10.0. The van der Waals surface area contributed by atoms with Crippen molar-refractivity contribution in [3.05, 3.63) is 59.7 Å². The fourth-order valence-electron chi connectivity index (χ4n) is 3.17. The molecular weight excluding hydrogens is 385 g/mol. The molecule has 1 heterocycles. The average Bonchev–Trinajstić information content (AvgIpc) is 2.67. The van der Waals surface area contributed by atoms with E-state index in [-0.39, 0.29) is 30.7 Å². The van der Waals surface area contributed by atoms with E-state index in [9.17, 15) is 4.79 Å². The van der Waals surface area contributed by atoms with Crippen LogP contribution in [0.25, 0.3) is 0 Å². The molecule has 1 unspecified atom stereocenters. The molecule has 1 saturated heterocycles. The van der Waals surface area contributed by atoms with Crippen molar-refractivity contribution in [2.45, 2.75) is 13.0 Å². The number of piperazine rings is 1. The molecule has 2 aromatic carbocycles. The van der Waals surface area contributed by atoms with E-state index in [0.29, 0.717) is 13.1 Å². The van der Waals surface area contributed by atoms with Crippen molar-refractivity contribution in [1.29, 1.82) is 0 Å². The summed E-state index contributed by atoms with van der Waals surface area (Å²) in [5.41, 5.74) is 9.28. The number of nitrogens with two attached hydrogens (primary N) is 1. The normalized spacial score (nSPS) is 14.6. The van der Waals surface area contributed by atoms with Crippen LogP contribution in [0, 0.1) is 6.92 Å². The van der Waals surface area contributed by atoms with Gasteiger partial charge in [0.2, 0.25) is 5.91 Å². The minimum absolute atomic E-state index is 0. The van der Waals surface area contributed by atoms with Gasteiger partial charge in [-0.15, -0.1) is 24.8 Å². The standard InChI is InChI=1S/C20H25N3O2.2ClH/c1-15-7-9-16(10-8-15)19(21)20(24)23-13-11-22(12-14-23)17-5-3-4-6-18(17)25-2;;/h3-10,19H,11-14,21H2,1-2H3;2*1H. The number of hydrogen-bond acceptors (Lipinski definition) is 4. The van der Waals surface area contributed by atoms with Gasteiger partial charge in [0.15, 0.2) is 0 Å². The van der Waals surface area contributed by atoms with Gasteiger partial charge in [-0.1, -0.05) is 42.0 Å². The molecular formula is C20H27Cl2N3O2. The Labute approximate surface area is 173 Å². The van der Waals surface area contributed by atoms with Crippen molar-refractivity contribution in [3.8, 4) is 5.75 Å². The number of methoxy groups -OCH3 is 1. The highest BCUT2D eigenvalue weighted by atomic mass is 35.5. The summed E-state index contributed by atoms with van der Waals surface area (Å²) >= 11 is 0. The zero-order valence-electron chi connectivity index (χ0n) is 15.6. The maximum atomic E-state index is 12.7. The molecule has 0 aliphatic carbocycles. The Bertz CT molecular complexity index is 732. The summed E-state index contributed by atoms with van der Waals surface area (Å²) in [6, 6.07) is 15.2. The van der Waals surface area contributed by atoms with Crippen LogP contribution < -0.4 is 15.4 Å². The first-order chi connectivity index (χ1) is 12.1. The minimum atomic E-state index is -0.599. The SMILES string of the molecule is COc1ccccc1N1CCN(C(=O)C(N)c2ccc(C)cc2)CC1.Cl.Cl. The molecule has 1 atom stereocenters. The number of carbonyl (C=O) groups excluding carboxylic acids is 1. The molecule has 5 nitrogen and oxygen atoms in total. The fraction of sp³-hybridized carbons (Fsp3) is 0.350. The lowest BCUT2D eigenvalue weighted by molar-refractivity contribution is -0.133. The van der Waals surface area contributed by atoms with Crippen LogP contribution in [0.3, 0.4) is 0 Å². The Morgan fingerprint density at radius 1 is 1.00 bits per heavy atom. The van der Waals surface area contributed by atoms with Gasteiger partial charge in [-0.05, 0) is 24.6 Å². The third kappa shape index (κ3) is 5.28. The van der Waals surface area contributed by atoms with E-state index in [4.69, 9.17) is 10.5 Å². The second-order valence-electron chi connectivity index (χ2n) is 6.37. The number of hydrogen-bond donors (Lipinski definition) is 1. The third-order valence-electron chi connectivity index (χ3n) is 4.72. The molecule has 1 amide bonds. The number of carbonyl (C=O) groups is 1. The van der Waals surface area contributed by atoms with Gasteiger partial charge in [0.05, 0.1) is 12.8 Å². The van der Waals surface area contributed by atoms with E-state index < -0.39 is 6.04 Å². The molecule has 3 rings (SSSR count). The van der Waals surface area contributed by atoms with Crippen LogP contribution in [-0.4, -0.2) is 44.1 Å². The van der Waals surface area contributed by atoms with E-state index in [1.807, 2.05) is 60.4 Å². The number of ether oxygens (including phenoxy) is 1. The number of para-hydroxylation sites is 2. The quantitative estimate of drug-likeness (QED) is 0.838. The van der Waals surface area contributed by atoms with Crippen LogP contribution in [0.2, 0.25) is 0 Å². The first-order valence-corrected chi connectivity index (χ1v) is 8.59. The molecule has 7 heteroatoms. The van der Waals surface area contributed by atoms with Crippen molar-refractivity contribution in [2.75, 3.05) is 38.2 Å². The molecule has 1 aliphatic rings. The summed E-state index contributed by atoms with van der Waals surface area (Å²) in [6.45, 7) is 4.89. The topological polar surface area (TPSA) is 58.8 Å². The van der Waals surface area contributed by atoms with E-state index in [1.54, 1.807) is 7.11 Å². The Balaban J connectivity index is 0.00000182. The predicted molar refractivity (Wildman–Crippen MR) is 114 cm³/mol. The summed E-state index contributed by atoms with van der Waals surface area (Å²) < 4.78 is 5.44. The summed E-state index contributed by atoms with van der Waals surface area (Å²) in [5, 5.41) is 0. The monoisotopic (exact) mass is 411 g/mol. The second-order valence-corrected chi connectivity index (χ2v) is 6.37. The van der Waals surface area contributed by atoms with Crippen LogP contribution in [-0.2, 0) is 4.79 Å². The molecule has 0 aromatic heterocycles. The number of anilines is 1. The van der Waals surface area contributed by atoms with Gasteiger partial charge in [-0.2, -0.15) is 0 Å². The number of aryl methyl sites for hydroxylation is 1. The van der Waals surface area contributed by atoms with Gasteiger partial charge >= 0.3 is 0 Å². The number of halogens is 2. The zero-order chi connectivity index (χ0) is 17.8. The van der Waals surface area contributed by atoms with Gasteiger partial charge in [-0.3, -0.25) is 4.79 Å². The summed E-state index contributed by atoms with van der Waals surface area (Å²) in [4.78, 5) is 16.8. The summed E-state index contributed by atoms with van der Waals surface area (Å²) in [7, 11) is 1.68. The largest absolute Gasteiger partial charge is 0.495 e. The maximum Gasteiger partial charge on any atom is 0.244 e. The summed E-state index contributed by atoms with van der Waals surface area (Å²) in [5.74, 6) is 0.849. The van der Waals surface area contributed by atoms with Crippen LogP contribution >= 0.6 is 24.8 Å². The minimum Gasteiger partial charge on any atom is -0.495 e. The molecule has 0 spiro atoms. The number of nitrogens with zero attached hydrogens (tertiary/aromatic N) is 2. The van der Waals surface area contributed by atoms with Gasteiger partial charge < -0.3 is 20.3 Å². The lowest BCUT2D eigenvalue weighted by Gasteiger charge is -2.37. The number of amides is 1. The van der Waals surface area contributed by atoms with Gasteiger partial charge in [-0.25, -0.2) is 0 Å². The van der Waals surface area contributed by atoms with E-state index in [1.165, 1.54) is 0 Å². The van der Waals surface area contributed by atoms with E-state index in [0.717, 1.165) is 35.7 Å². The molecule has 148 valence electrons. The van der Waals surface area contributed by atoms with Crippen molar-refractivity contribution in [1.82, 2.24) is 4.90 Å². The molecule has 0 bridgehead atoms. The van der Waals surface area contributed by atoms with E-state index in [2.05, 4.69) is 4.90 Å². The number of benzene rings is 2. The molecule has 0 radical (unpaired) electrons. The molecule has 1 aliphatic heterocycles. The van der Waals surface area contributed by atoms with Crippen LogP contribution in [0.1, 0.15) is 17.2 Å². The van der Waals surface area contributed by atoms with Gasteiger partial charge in [0.1, 0.15) is 11.8 Å².